The molecule has 76 valence electrons. The van der Waals surface area contributed by atoms with Crippen LogP contribution in [-0.4, -0.2) is 0 Å². The van der Waals surface area contributed by atoms with Crippen molar-refractivity contribution in [3.63, 3.8) is 0 Å². The molecular formula is C11H13BrClN. The Kier molecular flexibility index (Phi) is 4.17. The van der Waals surface area contributed by atoms with Gasteiger partial charge < -0.3 is 5.73 Å². The minimum Gasteiger partial charge on any atom is -0.321 e. The molecule has 1 aromatic carbocycles. The summed E-state index contributed by atoms with van der Waals surface area (Å²) in [5.74, 6) is 0. The maximum atomic E-state index is 6.04. The molecule has 1 nitrogen and oxygen atoms in total. The van der Waals surface area contributed by atoms with Gasteiger partial charge in [-0.2, -0.15) is 0 Å². The van der Waals surface area contributed by atoms with Crippen molar-refractivity contribution in [2.45, 2.75) is 19.9 Å². The van der Waals surface area contributed by atoms with Gasteiger partial charge in [-0.3, -0.25) is 0 Å². The zero-order valence-corrected chi connectivity index (χ0v) is 10.6. The standard InChI is InChI=1S/C11H13BrClN/c1-7(2)5-11(14)9-6-8(12)3-4-10(9)13/h3-6,11H,14H2,1-2H3. The summed E-state index contributed by atoms with van der Waals surface area (Å²) in [5, 5.41) is 0.707. The second kappa shape index (κ2) is 4.96. The molecule has 0 saturated heterocycles. The van der Waals surface area contributed by atoms with E-state index in [1.54, 1.807) is 0 Å². The maximum Gasteiger partial charge on any atom is 0.0498 e. The predicted molar refractivity (Wildman–Crippen MR) is 65.5 cm³/mol. The summed E-state index contributed by atoms with van der Waals surface area (Å²) < 4.78 is 0.995. The van der Waals surface area contributed by atoms with Gasteiger partial charge in [0.1, 0.15) is 0 Å². The first-order valence-electron chi connectivity index (χ1n) is 4.36. The summed E-state index contributed by atoms with van der Waals surface area (Å²) in [6.07, 6.45) is 1.99. The number of benzene rings is 1. The van der Waals surface area contributed by atoms with E-state index in [2.05, 4.69) is 15.9 Å². The van der Waals surface area contributed by atoms with E-state index in [4.69, 9.17) is 17.3 Å². The number of allylic oxidation sites excluding steroid dienone is 1. The first-order valence-corrected chi connectivity index (χ1v) is 5.53. The van der Waals surface area contributed by atoms with E-state index in [1.165, 1.54) is 5.57 Å². The summed E-state index contributed by atoms with van der Waals surface area (Å²) in [7, 11) is 0. The van der Waals surface area contributed by atoms with Crippen molar-refractivity contribution in [1.82, 2.24) is 0 Å². The fourth-order valence-corrected chi connectivity index (χ4v) is 1.84. The van der Waals surface area contributed by atoms with Crippen molar-refractivity contribution in [2.24, 2.45) is 5.73 Å². The zero-order chi connectivity index (χ0) is 10.7. The Morgan fingerprint density at radius 2 is 2.14 bits per heavy atom. The predicted octanol–water partition coefficient (Wildman–Crippen LogP) is 4.07. The lowest BCUT2D eigenvalue weighted by molar-refractivity contribution is 0.898. The number of hydrogen-bond donors (Lipinski definition) is 1. The van der Waals surface area contributed by atoms with Crippen LogP contribution in [0.2, 0.25) is 5.02 Å². The fraction of sp³-hybridized carbons (Fsp3) is 0.273. The van der Waals surface area contributed by atoms with Gasteiger partial charge in [-0.25, -0.2) is 0 Å². The molecule has 1 unspecified atom stereocenters. The second-order valence-corrected chi connectivity index (χ2v) is 4.76. The van der Waals surface area contributed by atoms with Gasteiger partial charge in [-0.15, -0.1) is 0 Å². The first kappa shape index (κ1) is 11.8. The van der Waals surface area contributed by atoms with Crippen LogP contribution in [0.3, 0.4) is 0 Å². The van der Waals surface area contributed by atoms with Gasteiger partial charge in [-0.05, 0) is 37.6 Å². The summed E-state index contributed by atoms with van der Waals surface area (Å²) in [5.41, 5.74) is 8.12. The summed E-state index contributed by atoms with van der Waals surface area (Å²) in [4.78, 5) is 0. The van der Waals surface area contributed by atoms with Crippen molar-refractivity contribution in [1.29, 1.82) is 0 Å². The van der Waals surface area contributed by atoms with Crippen LogP contribution in [0.25, 0.3) is 0 Å². The molecule has 0 bridgehead atoms. The SMILES string of the molecule is CC(C)=CC(N)c1cc(Br)ccc1Cl. The van der Waals surface area contributed by atoms with E-state index in [1.807, 2.05) is 38.1 Å². The Morgan fingerprint density at radius 3 is 2.71 bits per heavy atom. The molecule has 0 amide bonds. The van der Waals surface area contributed by atoms with Gasteiger partial charge in [0, 0.05) is 15.5 Å². The van der Waals surface area contributed by atoms with E-state index in [-0.39, 0.29) is 6.04 Å². The van der Waals surface area contributed by atoms with Crippen molar-refractivity contribution in [3.8, 4) is 0 Å². The summed E-state index contributed by atoms with van der Waals surface area (Å²) in [6.45, 7) is 4.04. The van der Waals surface area contributed by atoms with E-state index in [0.717, 1.165) is 10.0 Å². The number of rotatable bonds is 2. The largest absolute Gasteiger partial charge is 0.321 e. The molecule has 0 heterocycles. The molecule has 2 N–H and O–H groups in total. The lowest BCUT2D eigenvalue weighted by Crippen LogP contribution is -2.08. The second-order valence-electron chi connectivity index (χ2n) is 3.44. The molecule has 0 saturated carbocycles. The van der Waals surface area contributed by atoms with Crippen LogP contribution in [0.4, 0.5) is 0 Å². The molecule has 0 aliphatic rings. The molecule has 1 aromatic rings. The van der Waals surface area contributed by atoms with E-state index in [0.29, 0.717) is 5.02 Å². The maximum absolute atomic E-state index is 6.04. The van der Waals surface area contributed by atoms with Gasteiger partial charge in [0.15, 0.2) is 0 Å². The van der Waals surface area contributed by atoms with Crippen molar-refractivity contribution >= 4 is 27.5 Å². The number of nitrogens with two attached hydrogens (primary N) is 1. The highest BCUT2D eigenvalue weighted by molar-refractivity contribution is 9.10. The highest BCUT2D eigenvalue weighted by Gasteiger charge is 2.07. The average molecular weight is 275 g/mol. The average Bonchev–Trinajstić information content (AvgIpc) is 2.08. The third-order valence-electron chi connectivity index (χ3n) is 1.83. The van der Waals surface area contributed by atoms with Crippen molar-refractivity contribution < 1.29 is 0 Å². The minimum absolute atomic E-state index is 0.134. The Morgan fingerprint density at radius 1 is 1.50 bits per heavy atom. The Balaban J connectivity index is 3.05. The third-order valence-corrected chi connectivity index (χ3v) is 2.67. The topological polar surface area (TPSA) is 26.0 Å². The van der Waals surface area contributed by atoms with E-state index >= 15 is 0 Å². The molecule has 1 atom stereocenters. The van der Waals surface area contributed by atoms with Crippen molar-refractivity contribution in [3.05, 3.63) is 44.9 Å². The summed E-state index contributed by atoms with van der Waals surface area (Å²) >= 11 is 9.44. The zero-order valence-electron chi connectivity index (χ0n) is 8.22. The highest BCUT2D eigenvalue weighted by atomic mass is 79.9. The molecule has 3 heteroatoms. The molecule has 0 aromatic heterocycles. The molecule has 0 fully saturated rings. The minimum atomic E-state index is -0.134. The van der Waals surface area contributed by atoms with Gasteiger partial charge in [0.05, 0.1) is 0 Å². The third kappa shape index (κ3) is 3.12. The fourth-order valence-electron chi connectivity index (χ4n) is 1.22. The number of halogens is 2. The van der Waals surface area contributed by atoms with Crippen LogP contribution in [0.1, 0.15) is 25.5 Å². The van der Waals surface area contributed by atoms with E-state index < -0.39 is 0 Å². The Hall–Kier alpha value is -0.310. The van der Waals surface area contributed by atoms with E-state index in [9.17, 15) is 0 Å². The Bertz CT molecular complexity index is 356. The molecule has 0 aliphatic heterocycles. The molecule has 1 rings (SSSR count). The molecule has 0 aliphatic carbocycles. The van der Waals surface area contributed by atoms with Gasteiger partial charge >= 0.3 is 0 Å². The smallest absolute Gasteiger partial charge is 0.0498 e. The van der Waals surface area contributed by atoms with Crippen LogP contribution in [0.5, 0.6) is 0 Å². The van der Waals surface area contributed by atoms with Gasteiger partial charge in [0.25, 0.3) is 0 Å². The lowest BCUT2D eigenvalue weighted by Gasteiger charge is -2.10. The van der Waals surface area contributed by atoms with Crippen LogP contribution in [0, 0.1) is 0 Å². The van der Waals surface area contributed by atoms with Crippen LogP contribution >= 0.6 is 27.5 Å². The molecule has 0 spiro atoms. The van der Waals surface area contributed by atoms with Crippen LogP contribution in [0.15, 0.2) is 34.3 Å². The quantitative estimate of drug-likeness (QED) is 0.808. The van der Waals surface area contributed by atoms with Crippen molar-refractivity contribution in [2.75, 3.05) is 0 Å². The van der Waals surface area contributed by atoms with Gasteiger partial charge in [0.2, 0.25) is 0 Å². The Labute approximate surface area is 98.1 Å². The summed E-state index contributed by atoms with van der Waals surface area (Å²) in [6, 6.07) is 5.57. The lowest BCUT2D eigenvalue weighted by atomic mass is 10.1. The van der Waals surface area contributed by atoms with Gasteiger partial charge in [-0.1, -0.05) is 39.2 Å². The highest BCUT2D eigenvalue weighted by Crippen LogP contribution is 2.26. The molecular weight excluding hydrogens is 261 g/mol. The monoisotopic (exact) mass is 273 g/mol. The van der Waals surface area contributed by atoms with Crippen LogP contribution < -0.4 is 5.73 Å². The number of hydrogen-bond acceptors (Lipinski definition) is 1. The van der Waals surface area contributed by atoms with Crippen LogP contribution in [-0.2, 0) is 0 Å². The molecule has 14 heavy (non-hydrogen) atoms. The first-order chi connectivity index (χ1) is 6.50. The molecule has 0 radical (unpaired) electrons. The normalized spacial score (nSPS) is 12.4.